The zero-order chi connectivity index (χ0) is 13.0. The van der Waals surface area contributed by atoms with Crippen LogP contribution in [0.15, 0.2) is 24.3 Å². The highest BCUT2D eigenvalue weighted by atomic mass is 35.5. The molecule has 0 radical (unpaired) electrons. The lowest BCUT2D eigenvalue weighted by Crippen LogP contribution is -2.39. The van der Waals surface area contributed by atoms with Crippen molar-refractivity contribution in [1.82, 2.24) is 4.90 Å². The molecule has 1 aliphatic rings. The number of likely N-dealkylation sites (tertiary alicyclic amines) is 1. The number of halogens is 1. The zero-order valence-corrected chi connectivity index (χ0v) is 12.1. The monoisotopic (exact) mass is 266 g/mol. The number of nitrogens with one attached hydrogen (secondary N) is 1. The van der Waals surface area contributed by atoms with Crippen molar-refractivity contribution in [2.45, 2.75) is 26.7 Å². The average molecular weight is 267 g/mol. The molecule has 0 amide bonds. The molecule has 0 saturated carbocycles. The summed E-state index contributed by atoms with van der Waals surface area (Å²) in [4.78, 5) is 2.54. The van der Waals surface area contributed by atoms with Crippen LogP contribution < -0.4 is 5.32 Å². The van der Waals surface area contributed by atoms with E-state index in [4.69, 9.17) is 11.6 Å². The van der Waals surface area contributed by atoms with Gasteiger partial charge in [-0.15, -0.1) is 0 Å². The van der Waals surface area contributed by atoms with Crippen LogP contribution >= 0.6 is 11.6 Å². The lowest BCUT2D eigenvalue weighted by Gasteiger charge is -2.36. The Morgan fingerprint density at radius 1 is 1.28 bits per heavy atom. The Labute approximate surface area is 115 Å². The normalized spacial score (nSPS) is 19.7. The summed E-state index contributed by atoms with van der Waals surface area (Å²) >= 11 is 5.95. The maximum Gasteiger partial charge on any atom is 0.0426 e. The van der Waals surface area contributed by atoms with Crippen LogP contribution in [0.2, 0.25) is 5.02 Å². The van der Waals surface area contributed by atoms with E-state index in [2.05, 4.69) is 30.1 Å². The van der Waals surface area contributed by atoms with Crippen molar-refractivity contribution in [1.29, 1.82) is 0 Å². The van der Waals surface area contributed by atoms with Gasteiger partial charge >= 0.3 is 0 Å². The molecule has 1 heterocycles. The zero-order valence-electron chi connectivity index (χ0n) is 11.4. The van der Waals surface area contributed by atoms with E-state index in [9.17, 15) is 0 Å². The Hall–Kier alpha value is -0.730. The molecule has 1 saturated heterocycles. The van der Waals surface area contributed by atoms with E-state index in [1.54, 1.807) is 0 Å². The third-order valence-electron chi connectivity index (χ3n) is 3.79. The third kappa shape index (κ3) is 4.18. The molecular formula is C15H23ClN2. The molecule has 1 aromatic carbocycles. The molecule has 0 unspecified atom stereocenters. The van der Waals surface area contributed by atoms with Gasteiger partial charge in [0.25, 0.3) is 0 Å². The van der Waals surface area contributed by atoms with Crippen LogP contribution in [-0.2, 0) is 0 Å². The van der Waals surface area contributed by atoms with E-state index < -0.39 is 0 Å². The number of nitrogens with zero attached hydrogens (tertiary/aromatic N) is 1. The van der Waals surface area contributed by atoms with Gasteiger partial charge in [0.2, 0.25) is 0 Å². The van der Waals surface area contributed by atoms with Crippen molar-refractivity contribution < 1.29 is 0 Å². The molecule has 2 nitrogen and oxygen atoms in total. The lowest BCUT2D eigenvalue weighted by molar-refractivity contribution is 0.137. The SMILES string of the molecule is CC1(C)CCN(CCNc2cccc(Cl)c2)CC1. The smallest absolute Gasteiger partial charge is 0.0426 e. The second-order valence-corrected chi connectivity index (χ2v) is 6.38. The second-order valence-electron chi connectivity index (χ2n) is 5.94. The van der Waals surface area contributed by atoms with Crippen molar-refractivity contribution in [3.05, 3.63) is 29.3 Å². The highest BCUT2D eigenvalue weighted by molar-refractivity contribution is 6.30. The first-order valence-electron chi connectivity index (χ1n) is 6.77. The third-order valence-corrected chi connectivity index (χ3v) is 4.03. The van der Waals surface area contributed by atoms with Crippen molar-refractivity contribution in [3.8, 4) is 0 Å². The Bertz CT molecular complexity index is 380. The highest BCUT2D eigenvalue weighted by Gasteiger charge is 2.24. The molecule has 0 atom stereocenters. The Balaban J connectivity index is 1.70. The van der Waals surface area contributed by atoms with Gasteiger partial charge < -0.3 is 10.2 Å². The summed E-state index contributed by atoms with van der Waals surface area (Å²) in [6, 6.07) is 7.92. The van der Waals surface area contributed by atoms with Gasteiger partial charge in [-0.2, -0.15) is 0 Å². The predicted molar refractivity (Wildman–Crippen MR) is 79.4 cm³/mol. The summed E-state index contributed by atoms with van der Waals surface area (Å²) < 4.78 is 0. The van der Waals surface area contributed by atoms with Crippen LogP contribution in [-0.4, -0.2) is 31.1 Å². The van der Waals surface area contributed by atoms with E-state index in [0.717, 1.165) is 23.8 Å². The fourth-order valence-electron chi connectivity index (χ4n) is 2.34. The second kappa shape index (κ2) is 5.94. The molecule has 0 spiro atoms. The highest BCUT2D eigenvalue weighted by Crippen LogP contribution is 2.29. The van der Waals surface area contributed by atoms with Crippen molar-refractivity contribution in [3.63, 3.8) is 0 Å². The van der Waals surface area contributed by atoms with Gasteiger partial charge in [-0.3, -0.25) is 0 Å². The average Bonchev–Trinajstić information content (AvgIpc) is 2.31. The fourth-order valence-corrected chi connectivity index (χ4v) is 2.53. The molecule has 1 N–H and O–H groups in total. The first-order valence-corrected chi connectivity index (χ1v) is 7.15. The summed E-state index contributed by atoms with van der Waals surface area (Å²) in [6.07, 6.45) is 2.62. The van der Waals surface area contributed by atoms with Gasteiger partial charge in [0, 0.05) is 23.8 Å². The molecule has 1 aliphatic heterocycles. The Morgan fingerprint density at radius 2 is 2.00 bits per heavy atom. The standard InChI is InChI=1S/C15H23ClN2/c1-15(2)6-9-18(10-7-15)11-8-17-14-5-3-4-13(16)12-14/h3-5,12,17H,6-11H2,1-2H3. The summed E-state index contributed by atoms with van der Waals surface area (Å²) in [5.74, 6) is 0. The molecule has 1 aromatic rings. The summed E-state index contributed by atoms with van der Waals surface area (Å²) in [5.41, 5.74) is 1.65. The quantitative estimate of drug-likeness (QED) is 0.890. The van der Waals surface area contributed by atoms with Gasteiger partial charge in [-0.1, -0.05) is 31.5 Å². The lowest BCUT2D eigenvalue weighted by atomic mass is 9.83. The molecule has 100 valence electrons. The molecule has 0 aromatic heterocycles. The van der Waals surface area contributed by atoms with Gasteiger partial charge in [0.15, 0.2) is 0 Å². The summed E-state index contributed by atoms with van der Waals surface area (Å²) in [7, 11) is 0. The van der Waals surface area contributed by atoms with E-state index in [1.807, 2.05) is 18.2 Å². The van der Waals surface area contributed by atoms with Crippen molar-refractivity contribution in [2.24, 2.45) is 5.41 Å². The van der Waals surface area contributed by atoms with Crippen molar-refractivity contribution >= 4 is 17.3 Å². The van der Waals surface area contributed by atoms with Gasteiger partial charge in [0.05, 0.1) is 0 Å². The van der Waals surface area contributed by atoms with E-state index in [1.165, 1.54) is 25.9 Å². The largest absolute Gasteiger partial charge is 0.384 e. The molecule has 2 rings (SSSR count). The number of hydrogen-bond acceptors (Lipinski definition) is 2. The minimum absolute atomic E-state index is 0.539. The first kappa shape index (κ1) is 13.7. The number of anilines is 1. The van der Waals surface area contributed by atoms with Gasteiger partial charge in [-0.25, -0.2) is 0 Å². The summed E-state index contributed by atoms with van der Waals surface area (Å²) in [6.45, 7) is 9.29. The van der Waals surface area contributed by atoms with E-state index in [-0.39, 0.29) is 0 Å². The van der Waals surface area contributed by atoms with Crippen LogP contribution in [0.4, 0.5) is 5.69 Å². The van der Waals surface area contributed by atoms with Gasteiger partial charge in [0.1, 0.15) is 0 Å². The molecule has 3 heteroatoms. The fraction of sp³-hybridized carbons (Fsp3) is 0.600. The number of piperidine rings is 1. The van der Waals surface area contributed by atoms with Gasteiger partial charge in [-0.05, 0) is 49.5 Å². The van der Waals surface area contributed by atoms with Crippen LogP contribution in [0, 0.1) is 5.41 Å². The molecule has 1 fully saturated rings. The molecule has 18 heavy (non-hydrogen) atoms. The van der Waals surface area contributed by atoms with Crippen LogP contribution in [0.3, 0.4) is 0 Å². The van der Waals surface area contributed by atoms with E-state index in [0.29, 0.717) is 5.41 Å². The molecule has 0 aliphatic carbocycles. The topological polar surface area (TPSA) is 15.3 Å². The minimum atomic E-state index is 0.539. The number of hydrogen-bond donors (Lipinski definition) is 1. The van der Waals surface area contributed by atoms with Crippen LogP contribution in [0.1, 0.15) is 26.7 Å². The predicted octanol–water partition coefficient (Wildman–Crippen LogP) is 3.87. The molecule has 0 bridgehead atoms. The molecular weight excluding hydrogens is 244 g/mol. The number of benzene rings is 1. The van der Waals surface area contributed by atoms with Crippen molar-refractivity contribution in [2.75, 3.05) is 31.5 Å². The Kier molecular flexibility index (Phi) is 4.52. The van der Waals surface area contributed by atoms with Crippen LogP contribution in [0.25, 0.3) is 0 Å². The van der Waals surface area contributed by atoms with E-state index >= 15 is 0 Å². The maximum atomic E-state index is 5.95. The first-order chi connectivity index (χ1) is 8.55. The Morgan fingerprint density at radius 3 is 2.67 bits per heavy atom. The summed E-state index contributed by atoms with van der Waals surface area (Å²) in [5, 5.41) is 4.22. The number of rotatable bonds is 4. The minimum Gasteiger partial charge on any atom is -0.384 e. The maximum absolute atomic E-state index is 5.95. The van der Waals surface area contributed by atoms with Crippen LogP contribution in [0.5, 0.6) is 0 Å².